The minimum atomic E-state index is -3.52. The number of aromatic amines is 1. The fourth-order valence-corrected chi connectivity index (χ4v) is 2.91. The molecule has 0 aromatic carbocycles. The number of nitrogens with one attached hydrogen (secondary N) is 3. The van der Waals surface area contributed by atoms with Crippen LogP contribution in [0.25, 0.3) is 0 Å². The van der Waals surface area contributed by atoms with Gasteiger partial charge in [-0.05, 0) is 25.8 Å². The van der Waals surface area contributed by atoms with Crippen molar-refractivity contribution in [1.29, 1.82) is 0 Å². The molecule has 0 atom stereocenters. The molecular formula is C12H24N4O3S. The summed E-state index contributed by atoms with van der Waals surface area (Å²) in [6, 6.07) is 0. The van der Waals surface area contributed by atoms with Crippen LogP contribution >= 0.6 is 0 Å². The van der Waals surface area contributed by atoms with Crippen molar-refractivity contribution in [3.05, 3.63) is 11.8 Å². The van der Waals surface area contributed by atoms with Crippen molar-refractivity contribution < 1.29 is 13.2 Å². The first-order valence-electron chi connectivity index (χ1n) is 6.83. The molecule has 116 valence electrons. The Hall–Kier alpha value is -0.960. The molecule has 0 fully saturated rings. The monoisotopic (exact) mass is 304 g/mol. The maximum atomic E-state index is 12.1. The van der Waals surface area contributed by atoms with Gasteiger partial charge in [-0.25, -0.2) is 13.1 Å². The van der Waals surface area contributed by atoms with Crippen LogP contribution in [-0.4, -0.2) is 45.4 Å². The highest BCUT2D eigenvalue weighted by Crippen LogP contribution is 2.11. The van der Waals surface area contributed by atoms with Crippen molar-refractivity contribution in [1.82, 2.24) is 20.2 Å². The average molecular weight is 304 g/mol. The van der Waals surface area contributed by atoms with Crippen molar-refractivity contribution in [2.24, 2.45) is 0 Å². The number of nitrogens with zero attached hydrogens (tertiary/aromatic N) is 1. The van der Waals surface area contributed by atoms with E-state index in [9.17, 15) is 8.42 Å². The van der Waals surface area contributed by atoms with E-state index in [4.69, 9.17) is 4.74 Å². The van der Waals surface area contributed by atoms with Crippen LogP contribution in [0, 0.1) is 0 Å². The van der Waals surface area contributed by atoms with Crippen LogP contribution in [0.4, 0.5) is 0 Å². The van der Waals surface area contributed by atoms with Crippen LogP contribution < -0.4 is 10.0 Å². The van der Waals surface area contributed by atoms with Gasteiger partial charge in [0.15, 0.2) is 5.03 Å². The van der Waals surface area contributed by atoms with E-state index < -0.39 is 10.0 Å². The largest absolute Gasteiger partial charge is 0.385 e. The lowest BCUT2D eigenvalue weighted by atomic mass is 10.3. The van der Waals surface area contributed by atoms with Crippen molar-refractivity contribution in [2.45, 2.75) is 37.8 Å². The summed E-state index contributed by atoms with van der Waals surface area (Å²) in [6.07, 6.45) is 4.11. The van der Waals surface area contributed by atoms with Gasteiger partial charge < -0.3 is 10.1 Å². The maximum Gasteiger partial charge on any atom is 0.257 e. The lowest BCUT2D eigenvalue weighted by molar-refractivity contribution is 0.193. The molecule has 1 aromatic heterocycles. The highest BCUT2D eigenvalue weighted by atomic mass is 32.2. The van der Waals surface area contributed by atoms with Gasteiger partial charge >= 0.3 is 0 Å². The highest BCUT2D eigenvalue weighted by Gasteiger charge is 2.19. The molecule has 0 radical (unpaired) electrons. The Labute approximate surface area is 120 Å². The number of hydrogen-bond donors (Lipinski definition) is 3. The van der Waals surface area contributed by atoms with Crippen molar-refractivity contribution in [3.8, 4) is 0 Å². The Morgan fingerprint density at radius 1 is 1.35 bits per heavy atom. The number of unbranched alkanes of at least 4 members (excludes halogenated alkanes) is 1. The summed E-state index contributed by atoms with van der Waals surface area (Å²) in [6.45, 7) is 4.42. The zero-order chi connectivity index (χ0) is 14.8. The molecule has 0 aliphatic rings. The number of sulfonamides is 1. The second kappa shape index (κ2) is 9.06. The molecule has 0 aliphatic heterocycles. The predicted molar refractivity (Wildman–Crippen MR) is 76.9 cm³/mol. The first-order valence-corrected chi connectivity index (χ1v) is 8.31. The molecule has 20 heavy (non-hydrogen) atoms. The highest BCUT2D eigenvalue weighted by molar-refractivity contribution is 7.89. The number of rotatable bonds is 11. The Balaban J connectivity index is 2.52. The zero-order valence-electron chi connectivity index (χ0n) is 12.1. The molecule has 1 aromatic rings. The number of aromatic nitrogens is 2. The van der Waals surface area contributed by atoms with E-state index in [0.29, 0.717) is 25.3 Å². The lowest BCUT2D eigenvalue weighted by Gasteiger charge is -2.07. The molecule has 8 heteroatoms. The number of methoxy groups -OCH3 is 1. The van der Waals surface area contributed by atoms with Crippen LogP contribution in [0.3, 0.4) is 0 Å². The number of H-pyrrole nitrogens is 1. The van der Waals surface area contributed by atoms with Crippen molar-refractivity contribution >= 4 is 10.0 Å². The van der Waals surface area contributed by atoms with Gasteiger partial charge in [0.2, 0.25) is 0 Å². The van der Waals surface area contributed by atoms with E-state index in [1.807, 2.05) is 0 Å². The van der Waals surface area contributed by atoms with E-state index in [0.717, 1.165) is 25.8 Å². The molecule has 0 aliphatic carbocycles. The van der Waals surface area contributed by atoms with Gasteiger partial charge in [-0.1, -0.05) is 6.92 Å². The van der Waals surface area contributed by atoms with E-state index in [2.05, 4.69) is 27.2 Å². The minimum Gasteiger partial charge on any atom is -0.385 e. The third-order valence-electron chi connectivity index (χ3n) is 2.76. The van der Waals surface area contributed by atoms with Crippen molar-refractivity contribution in [3.63, 3.8) is 0 Å². The van der Waals surface area contributed by atoms with E-state index in [1.54, 1.807) is 13.3 Å². The van der Waals surface area contributed by atoms with Gasteiger partial charge in [0.25, 0.3) is 10.0 Å². The Morgan fingerprint density at radius 2 is 2.15 bits per heavy atom. The summed E-state index contributed by atoms with van der Waals surface area (Å²) in [7, 11) is -1.89. The second-order valence-corrected chi connectivity index (χ2v) is 6.20. The fourth-order valence-electron chi connectivity index (χ4n) is 1.71. The van der Waals surface area contributed by atoms with Crippen molar-refractivity contribution in [2.75, 3.05) is 26.8 Å². The molecule has 3 N–H and O–H groups in total. The first kappa shape index (κ1) is 17.1. The van der Waals surface area contributed by atoms with E-state index in [1.165, 1.54) is 0 Å². The van der Waals surface area contributed by atoms with Gasteiger partial charge in [-0.3, -0.25) is 5.10 Å². The Bertz CT molecular complexity index is 473. The standard InChI is InChI=1S/C12H24N4O3S/c1-3-6-13-9-11-10-14-16-12(11)20(17,18)15-7-4-5-8-19-2/h10,13,15H,3-9H2,1-2H3,(H,14,16). The summed E-state index contributed by atoms with van der Waals surface area (Å²) in [4.78, 5) is 0. The molecule has 7 nitrogen and oxygen atoms in total. The van der Waals surface area contributed by atoms with Crippen LogP contribution in [0.2, 0.25) is 0 Å². The maximum absolute atomic E-state index is 12.1. The summed E-state index contributed by atoms with van der Waals surface area (Å²) >= 11 is 0. The van der Waals surface area contributed by atoms with Crippen LogP contribution in [-0.2, 0) is 21.3 Å². The predicted octanol–water partition coefficient (Wildman–Crippen LogP) is 0.614. The van der Waals surface area contributed by atoms with Gasteiger partial charge in [0.1, 0.15) is 0 Å². The molecule has 0 bridgehead atoms. The minimum absolute atomic E-state index is 0.146. The second-order valence-electron chi connectivity index (χ2n) is 4.50. The average Bonchev–Trinajstić information content (AvgIpc) is 2.88. The number of ether oxygens (including phenoxy) is 1. The van der Waals surface area contributed by atoms with E-state index >= 15 is 0 Å². The van der Waals surface area contributed by atoms with Gasteiger partial charge in [-0.15, -0.1) is 0 Å². The number of hydrogen-bond acceptors (Lipinski definition) is 5. The quantitative estimate of drug-likeness (QED) is 0.521. The lowest BCUT2D eigenvalue weighted by Crippen LogP contribution is -2.27. The molecule has 0 saturated carbocycles. The molecule has 0 saturated heterocycles. The summed E-state index contributed by atoms with van der Waals surface area (Å²) < 4.78 is 31.8. The Kier molecular flexibility index (Phi) is 7.75. The third kappa shape index (κ3) is 5.58. The molecule has 1 heterocycles. The fraction of sp³-hybridized carbons (Fsp3) is 0.750. The summed E-state index contributed by atoms with van der Waals surface area (Å²) in [5, 5.41) is 9.69. The third-order valence-corrected chi connectivity index (χ3v) is 4.23. The normalized spacial score (nSPS) is 11.9. The SMILES string of the molecule is CCCNCc1cn[nH]c1S(=O)(=O)NCCCCOC. The molecular weight excluding hydrogens is 280 g/mol. The first-order chi connectivity index (χ1) is 9.61. The molecule has 0 amide bonds. The van der Waals surface area contributed by atoms with E-state index in [-0.39, 0.29) is 5.03 Å². The van der Waals surface area contributed by atoms with Crippen LogP contribution in [0.15, 0.2) is 11.2 Å². The summed E-state index contributed by atoms with van der Waals surface area (Å²) in [5.41, 5.74) is 0.655. The van der Waals surface area contributed by atoms with Gasteiger partial charge in [-0.2, -0.15) is 5.10 Å². The smallest absolute Gasteiger partial charge is 0.257 e. The molecule has 0 unspecified atom stereocenters. The van der Waals surface area contributed by atoms with Crippen LogP contribution in [0.1, 0.15) is 31.7 Å². The zero-order valence-corrected chi connectivity index (χ0v) is 12.9. The topological polar surface area (TPSA) is 96.1 Å². The van der Waals surface area contributed by atoms with Gasteiger partial charge in [0, 0.05) is 32.4 Å². The molecule has 0 spiro atoms. The summed E-state index contributed by atoms with van der Waals surface area (Å²) in [5.74, 6) is 0. The Morgan fingerprint density at radius 3 is 2.85 bits per heavy atom. The van der Waals surface area contributed by atoms with Gasteiger partial charge in [0.05, 0.1) is 6.20 Å². The molecule has 1 rings (SSSR count). The van der Waals surface area contributed by atoms with Crippen LogP contribution in [0.5, 0.6) is 0 Å².